The van der Waals surface area contributed by atoms with Gasteiger partial charge in [-0.15, -0.1) is 0 Å². The van der Waals surface area contributed by atoms with Crippen molar-refractivity contribution in [2.24, 2.45) is 0 Å². The first-order valence-corrected chi connectivity index (χ1v) is 6.38. The first-order chi connectivity index (χ1) is 9.67. The number of carbonyl (C=O) groups is 1. The second-order valence-electron chi connectivity index (χ2n) is 4.19. The largest absolute Gasteiger partial charge is 0.493 e. The van der Waals surface area contributed by atoms with E-state index in [9.17, 15) is 4.79 Å². The molecule has 0 saturated carbocycles. The van der Waals surface area contributed by atoms with E-state index < -0.39 is 5.97 Å². The molecule has 0 heterocycles. The van der Waals surface area contributed by atoms with E-state index in [-0.39, 0.29) is 6.61 Å². The van der Waals surface area contributed by atoms with Gasteiger partial charge in [-0.25, -0.2) is 4.79 Å². The van der Waals surface area contributed by atoms with Crippen LogP contribution in [0.3, 0.4) is 0 Å². The molecule has 0 fully saturated rings. The lowest BCUT2D eigenvalue weighted by atomic mass is 10.2. The second-order valence-corrected chi connectivity index (χ2v) is 4.19. The Balaban J connectivity index is 2.51. The lowest BCUT2D eigenvalue weighted by Crippen LogP contribution is -2.16. The third kappa shape index (κ3) is 5.90. The van der Waals surface area contributed by atoms with Gasteiger partial charge in [-0.05, 0) is 30.7 Å². The number of hydrogen-bond donors (Lipinski definition) is 2. The number of aliphatic carboxylic acids is 1. The van der Waals surface area contributed by atoms with E-state index in [2.05, 4.69) is 5.32 Å². The zero-order valence-electron chi connectivity index (χ0n) is 11.8. The summed E-state index contributed by atoms with van der Waals surface area (Å²) in [6.45, 7) is 1.93. The van der Waals surface area contributed by atoms with Crippen molar-refractivity contribution in [1.29, 1.82) is 0 Å². The van der Waals surface area contributed by atoms with Crippen LogP contribution >= 0.6 is 0 Å². The van der Waals surface area contributed by atoms with Crippen molar-refractivity contribution < 1.29 is 24.1 Å². The van der Waals surface area contributed by atoms with Gasteiger partial charge in [-0.3, -0.25) is 0 Å². The molecule has 2 N–H and O–H groups in total. The number of methoxy groups -OCH3 is 2. The molecule has 1 aromatic carbocycles. The molecule has 0 aliphatic rings. The molecule has 0 radical (unpaired) electrons. The van der Waals surface area contributed by atoms with Gasteiger partial charge >= 0.3 is 5.97 Å². The zero-order valence-corrected chi connectivity index (χ0v) is 11.8. The molecule has 6 nitrogen and oxygen atoms in total. The number of ether oxygens (including phenoxy) is 3. The van der Waals surface area contributed by atoms with E-state index in [0.717, 1.165) is 25.1 Å². The number of hydrogen-bond acceptors (Lipinski definition) is 5. The van der Waals surface area contributed by atoms with E-state index in [0.29, 0.717) is 18.0 Å². The molecule has 0 aliphatic heterocycles. The molecule has 6 heteroatoms. The summed E-state index contributed by atoms with van der Waals surface area (Å²) in [5.74, 6) is -0.0589. The van der Waals surface area contributed by atoms with E-state index in [4.69, 9.17) is 19.3 Å². The highest BCUT2D eigenvalue weighted by Gasteiger charge is 2.07. The van der Waals surface area contributed by atoms with Gasteiger partial charge in [-0.2, -0.15) is 0 Å². The van der Waals surface area contributed by atoms with Gasteiger partial charge in [0.2, 0.25) is 0 Å². The molecule has 1 aromatic rings. The van der Waals surface area contributed by atoms with Gasteiger partial charge in [-0.1, -0.05) is 6.07 Å². The topological polar surface area (TPSA) is 77.0 Å². The van der Waals surface area contributed by atoms with Crippen LogP contribution in [0.5, 0.6) is 11.5 Å². The Labute approximate surface area is 118 Å². The van der Waals surface area contributed by atoms with Crippen molar-refractivity contribution in [2.75, 3.05) is 34.0 Å². The number of carboxylic acid groups (broad SMARTS) is 1. The molecule has 0 unspecified atom stereocenters. The van der Waals surface area contributed by atoms with Crippen LogP contribution in [0.25, 0.3) is 0 Å². The summed E-state index contributed by atoms with van der Waals surface area (Å²) in [6.07, 6.45) is 0.952. The first kappa shape index (κ1) is 16.3. The van der Waals surface area contributed by atoms with Crippen LogP contribution in [-0.4, -0.2) is 45.1 Å². The average molecular weight is 283 g/mol. The SMILES string of the molecule is COCCCNCc1ccc(OCC(=O)O)c(OC)c1. The Kier molecular flexibility index (Phi) is 7.46. The monoisotopic (exact) mass is 283 g/mol. The molecule has 0 amide bonds. The van der Waals surface area contributed by atoms with E-state index >= 15 is 0 Å². The summed E-state index contributed by atoms with van der Waals surface area (Å²) in [6, 6.07) is 5.43. The van der Waals surface area contributed by atoms with Gasteiger partial charge in [0.25, 0.3) is 0 Å². The van der Waals surface area contributed by atoms with Crippen molar-refractivity contribution in [3.63, 3.8) is 0 Å². The fourth-order valence-corrected chi connectivity index (χ4v) is 1.65. The molecule has 0 spiro atoms. The Morgan fingerprint density at radius 3 is 2.75 bits per heavy atom. The Hall–Kier alpha value is -1.79. The molecule has 20 heavy (non-hydrogen) atoms. The van der Waals surface area contributed by atoms with Gasteiger partial charge in [0.05, 0.1) is 7.11 Å². The summed E-state index contributed by atoms with van der Waals surface area (Å²) >= 11 is 0. The smallest absolute Gasteiger partial charge is 0.341 e. The quantitative estimate of drug-likeness (QED) is 0.630. The van der Waals surface area contributed by atoms with Crippen molar-refractivity contribution in [1.82, 2.24) is 5.32 Å². The third-order valence-electron chi connectivity index (χ3n) is 2.61. The van der Waals surface area contributed by atoms with Crippen LogP contribution in [0.1, 0.15) is 12.0 Å². The minimum atomic E-state index is -1.02. The summed E-state index contributed by atoms with van der Waals surface area (Å²) in [5.41, 5.74) is 1.04. The van der Waals surface area contributed by atoms with Crippen LogP contribution in [0.15, 0.2) is 18.2 Å². The predicted molar refractivity (Wildman–Crippen MR) is 74.3 cm³/mol. The second kappa shape index (κ2) is 9.17. The molecule has 1 rings (SSSR count). The fourth-order valence-electron chi connectivity index (χ4n) is 1.65. The fraction of sp³-hybridized carbons (Fsp3) is 0.500. The molecular formula is C14H21NO5. The maximum Gasteiger partial charge on any atom is 0.341 e. The zero-order chi connectivity index (χ0) is 14.8. The summed E-state index contributed by atoms with van der Waals surface area (Å²) in [7, 11) is 3.21. The Morgan fingerprint density at radius 1 is 1.30 bits per heavy atom. The number of rotatable bonds is 10. The molecular weight excluding hydrogens is 262 g/mol. The van der Waals surface area contributed by atoms with Crippen LogP contribution < -0.4 is 14.8 Å². The number of benzene rings is 1. The Morgan fingerprint density at radius 2 is 2.10 bits per heavy atom. The Bertz CT molecular complexity index is 422. The lowest BCUT2D eigenvalue weighted by Gasteiger charge is -2.11. The first-order valence-electron chi connectivity index (χ1n) is 6.38. The number of nitrogens with one attached hydrogen (secondary N) is 1. The van der Waals surface area contributed by atoms with E-state index in [1.165, 1.54) is 7.11 Å². The maximum absolute atomic E-state index is 10.5. The molecule has 0 bridgehead atoms. The van der Waals surface area contributed by atoms with Crippen LogP contribution in [0, 0.1) is 0 Å². The van der Waals surface area contributed by atoms with Crippen LogP contribution in [0.4, 0.5) is 0 Å². The van der Waals surface area contributed by atoms with Crippen molar-refractivity contribution in [3.8, 4) is 11.5 Å². The van der Waals surface area contributed by atoms with Gasteiger partial charge in [0, 0.05) is 20.3 Å². The highest BCUT2D eigenvalue weighted by Crippen LogP contribution is 2.27. The number of carboxylic acids is 1. The van der Waals surface area contributed by atoms with Crippen molar-refractivity contribution in [2.45, 2.75) is 13.0 Å². The molecule has 0 saturated heterocycles. The molecule has 0 atom stereocenters. The standard InChI is InChI=1S/C14H21NO5/c1-18-7-3-6-15-9-11-4-5-12(13(8-11)19-2)20-10-14(16)17/h4-5,8,15H,3,6-7,9-10H2,1-2H3,(H,16,17). The lowest BCUT2D eigenvalue weighted by molar-refractivity contribution is -0.139. The highest BCUT2D eigenvalue weighted by atomic mass is 16.5. The van der Waals surface area contributed by atoms with Gasteiger partial charge in [0.15, 0.2) is 18.1 Å². The summed E-state index contributed by atoms with van der Waals surface area (Å²) in [4.78, 5) is 10.5. The average Bonchev–Trinajstić information content (AvgIpc) is 2.45. The highest BCUT2D eigenvalue weighted by molar-refractivity contribution is 5.68. The van der Waals surface area contributed by atoms with E-state index in [1.807, 2.05) is 12.1 Å². The van der Waals surface area contributed by atoms with E-state index in [1.54, 1.807) is 13.2 Å². The maximum atomic E-state index is 10.5. The van der Waals surface area contributed by atoms with Crippen molar-refractivity contribution in [3.05, 3.63) is 23.8 Å². The van der Waals surface area contributed by atoms with Crippen molar-refractivity contribution >= 4 is 5.97 Å². The van der Waals surface area contributed by atoms with Crippen LogP contribution in [0.2, 0.25) is 0 Å². The molecule has 0 aliphatic carbocycles. The molecule has 112 valence electrons. The minimum Gasteiger partial charge on any atom is -0.493 e. The molecule has 0 aromatic heterocycles. The summed E-state index contributed by atoms with van der Waals surface area (Å²) in [5, 5.41) is 11.9. The summed E-state index contributed by atoms with van der Waals surface area (Å²) < 4.78 is 15.3. The normalized spacial score (nSPS) is 10.3. The van der Waals surface area contributed by atoms with Crippen LogP contribution in [-0.2, 0) is 16.1 Å². The minimum absolute atomic E-state index is 0.384. The third-order valence-corrected chi connectivity index (χ3v) is 2.61. The predicted octanol–water partition coefficient (Wildman–Crippen LogP) is 1.28. The van der Waals surface area contributed by atoms with Gasteiger partial charge < -0.3 is 24.6 Å². The van der Waals surface area contributed by atoms with Gasteiger partial charge in [0.1, 0.15) is 0 Å².